The van der Waals surface area contributed by atoms with E-state index in [1.54, 1.807) is 6.26 Å². The first kappa shape index (κ1) is 12.9. The lowest BCUT2D eigenvalue weighted by atomic mass is 10.2. The van der Waals surface area contributed by atoms with Crippen molar-refractivity contribution in [2.75, 3.05) is 0 Å². The molecular weight excluding hydrogens is 318 g/mol. The number of benzene rings is 2. The molecule has 0 aliphatic carbocycles. The summed E-state index contributed by atoms with van der Waals surface area (Å²) in [5.41, 5.74) is 1.73. The predicted octanol–water partition coefficient (Wildman–Crippen LogP) is 4.68. The van der Waals surface area contributed by atoms with Crippen LogP contribution in [0.3, 0.4) is 0 Å². The second kappa shape index (κ2) is 5.92. The monoisotopic (exact) mass is 329 g/mol. The summed E-state index contributed by atoms with van der Waals surface area (Å²) in [5.74, 6) is 1.41. The third kappa shape index (κ3) is 3.08. The summed E-state index contributed by atoms with van der Waals surface area (Å²) >= 11 is 3.39. The number of nitrogens with zero attached hydrogens (tertiary/aromatic N) is 1. The standard InChI is InChI=1S/C16H12BrNO2/c17-13-6-8-15(9-7-13)19-10-14-11-20-16(18-14)12-4-2-1-3-5-12/h1-9,11H,10H2. The van der Waals surface area contributed by atoms with Crippen molar-refractivity contribution in [2.24, 2.45) is 0 Å². The molecule has 0 aliphatic heterocycles. The Labute approximate surface area is 125 Å². The molecule has 100 valence electrons. The maximum atomic E-state index is 5.65. The highest BCUT2D eigenvalue weighted by molar-refractivity contribution is 9.10. The van der Waals surface area contributed by atoms with E-state index in [0.29, 0.717) is 12.5 Å². The van der Waals surface area contributed by atoms with Gasteiger partial charge in [-0.1, -0.05) is 34.1 Å². The van der Waals surface area contributed by atoms with E-state index in [9.17, 15) is 0 Å². The fourth-order valence-electron chi connectivity index (χ4n) is 1.77. The molecule has 3 aromatic rings. The number of hydrogen-bond acceptors (Lipinski definition) is 3. The molecule has 0 atom stereocenters. The summed E-state index contributed by atoms with van der Waals surface area (Å²) in [6.45, 7) is 0.387. The second-order valence-electron chi connectivity index (χ2n) is 4.25. The normalized spacial score (nSPS) is 10.4. The van der Waals surface area contributed by atoms with Crippen LogP contribution in [0.4, 0.5) is 0 Å². The molecule has 0 spiro atoms. The Bertz CT molecular complexity index is 677. The van der Waals surface area contributed by atoms with Crippen LogP contribution in [0.2, 0.25) is 0 Å². The first-order valence-corrected chi connectivity index (χ1v) is 6.99. The molecule has 20 heavy (non-hydrogen) atoms. The van der Waals surface area contributed by atoms with Crippen LogP contribution in [-0.4, -0.2) is 4.98 Å². The fourth-order valence-corrected chi connectivity index (χ4v) is 2.04. The van der Waals surface area contributed by atoms with Gasteiger partial charge in [0.15, 0.2) is 0 Å². The number of halogens is 1. The third-order valence-corrected chi connectivity index (χ3v) is 3.30. The third-order valence-electron chi connectivity index (χ3n) is 2.77. The van der Waals surface area contributed by atoms with Gasteiger partial charge in [-0.25, -0.2) is 4.98 Å². The van der Waals surface area contributed by atoms with Gasteiger partial charge in [-0.2, -0.15) is 0 Å². The lowest BCUT2D eigenvalue weighted by molar-refractivity contribution is 0.301. The molecular formula is C16H12BrNO2. The Kier molecular flexibility index (Phi) is 3.83. The largest absolute Gasteiger partial charge is 0.487 e. The molecule has 4 heteroatoms. The van der Waals surface area contributed by atoms with Crippen LogP contribution in [0, 0.1) is 0 Å². The first-order valence-electron chi connectivity index (χ1n) is 6.19. The summed E-state index contributed by atoms with van der Waals surface area (Å²) in [6, 6.07) is 17.5. The predicted molar refractivity (Wildman–Crippen MR) is 80.4 cm³/mol. The lowest BCUT2D eigenvalue weighted by Gasteiger charge is -2.03. The average Bonchev–Trinajstić information content (AvgIpc) is 2.97. The number of oxazole rings is 1. The van der Waals surface area contributed by atoms with E-state index < -0.39 is 0 Å². The SMILES string of the molecule is Brc1ccc(OCc2coc(-c3ccccc3)n2)cc1. The van der Waals surface area contributed by atoms with Gasteiger partial charge in [0.05, 0.1) is 0 Å². The van der Waals surface area contributed by atoms with Crippen molar-refractivity contribution in [1.29, 1.82) is 0 Å². The smallest absolute Gasteiger partial charge is 0.226 e. The van der Waals surface area contributed by atoms with Gasteiger partial charge in [0.1, 0.15) is 24.3 Å². The highest BCUT2D eigenvalue weighted by Crippen LogP contribution is 2.20. The topological polar surface area (TPSA) is 35.3 Å². The van der Waals surface area contributed by atoms with E-state index in [4.69, 9.17) is 9.15 Å². The molecule has 1 heterocycles. The molecule has 0 saturated heterocycles. The van der Waals surface area contributed by atoms with Crippen LogP contribution >= 0.6 is 15.9 Å². The summed E-state index contributed by atoms with van der Waals surface area (Å²) in [7, 11) is 0. The molecule has 2 aromatic carbocycles. The number of aromatic nitrogens is 1. The van der Waals surface area contributed by atoms with Gasteiger partial charge in [-0.05, 0) is 36.4 Å². The summed E-state index contributed by atoms with van der Waals surface area (Å²) in [4.78, 5) is 4.41. The van der Waals surface area contributed by atoms with Crippen LogP contribution in [0.15, 0.2) is 69.8 Å². The van der Waals surface area contributed by atoms with E-state index in [0.717, 1.165) is 21.5 Å². The summed E-state index contributed by atoms with van der Waals surface area (Å²) in [5, 5.41) is 0. The quantitative estimate of drug-likeness (QED) is 0.696. The number of ether oxygens (including phenoxy) is 1. The van der Waals surface area contributed by atoms with Crippen molar-refractivity contribution in [3.05, 3.63) is 71.0 Å². The zero-order valence-corrected chi connectivity index (χ0v) is 12.2. The van der Waals surface area contributed by atoms with E-state index in [1.807, 2.05) is 54.6 Å². The molecule has 0 aliphatic rings. The fraction of sp³-hybridized carbons (Fsp3) is 0.0625. The van der Waals surface area contributed by atoms with Crippen LogP contribution < -0.4 is 4.74 Å². The minimum Gasteiger partial charge on any atom is -0.487 e. The van der Waals surface area contributed by atoms with Gasteiger partial charge in [0.25, 0.3) is 0 Å². The van der Waals surface area contributed by atoms with Gasteiger partial charge in [0, 0.05) is 10.0 Å². The zero-order chi connectivity index (χ0) is 13.8. The molecule has 1 aromatic heterocycles. The molecule has 3 rings (SSSR count). The molecule has 0 fully saturated rings. The summed E-state index contributed by atoms with van der Waals surface area (Å²) in [6.07, 6.45) is 1.63. The van der Waals surface area contributed by atoms with Crippen molar-refractivity contribution in [3.63, 3.8) is 0 Å². The zero-order valence-electron chi connectivity index (χ0n) is 10.6. The first-order chi connectivity index (χ1) is 9.81. The van der Waals surface area contributed by atoms with Crippen molar-refractivity contribution in [1.82, 2.24) is 4.98 Å². The second-order valence-corrected chi connectivity index (χ2v) is 5.17. The maximum absolute atomic E-state index is 5.65. The van der Waals surface area contributed by atoms with E-state index >= 15 is 0 Å². The molecule has 0 bridgehead atoms. The van der Waals surface area contributed by atoms with Crippen molar-refractivity contribution < 1.29 is 9.15 Å². The molecule has 0 saturated carbocycles. The highest BCUT2D eigenvalue weighted by Gasteiger charge is 2.06. The van der Waals surface area contributed by atoms with Gasteiger partial charge >= 0.3 is 0 Å². The van der Waals surface area contributed by atoms with Crippen LogP contribution in [0.1, 0.15) is 5.69 Å². The van der Waals surface area contributed by atoms with Crippen molar-refractivity contribution in [3.8, 4) is 17.2 Å². The van der Waals surface area contributed by atoms with Crippen molar-refractivity contribution >= 4 is 15.9 Å². The van der Waals surface area contributed by atoms with Crippen LogP contribution in [-0.2, 0) is 6.61 Å². The molecule has 0 radical (unpaired) electrons. The van der Waals surface area contributed by atoms with Crippen LogP contribution in [0.25, 0.3) is 11.5 Å². The van der Waals surface area contributed by atoms with Crippen molar-refractivity contribution in [2.45, 2.75) is 6.61 Å². The molecule has 0 unspecified atom stereocenters. The van der Waals surface area contributed by atoms with Gasteiger partial charge in [0.2, 0.25) is 5.89 Å². The molecule has 3 nitrogen and oxygen atoms in total. The Morgan fingerprint density at radius 3 is 2.50 bits per heavy atom. The molecule has 0 amide bonds. The Hall–Kier alpha value is -2.07. The Morgan fingerprint density at radius 1 is 1.00 bits per heavy atom. The van der Waals surface area contributed by atoms with E-state index in [-0.39, 0.29) is 0 Å². The maximum Gasteiger partial charge on any atom is 0.226 e. The minimum atomic E-state index is 0.387. The van der Waals surface area contributed by atoms with Gasteiger partial charge in [-0.15, -0.1) is 0 Å². The van der Waals surface area contributed by atoms with Crippen LogP contribution in [0.5, 0.6) is 5.75 Å². The average molecular weight is 330 g/mol. The Balaban J connectivity index is 1.67. The van der Waals surface area contributed by atoms with E-state index in [1.165, 1.54) is 0 Å². The van der Waals surface area contributed by atoms with Gasteiger partial charge < -0.3 is 9.15 Å². The number of rotatable bonds is 4. The number of hydrogen-bond donors (Lipinski definition) is 0. The lowest BCUT2D eigenvalue weighted by Crippen LogP contribution is -1.95. The molecule has 0 N–H and O–H groups in total. The van der Waals surface area contributed by atoms with Gasteiger partial charge in [-0.3, -0.25) is 0 Å². The highest BCUT2D eigenvalue weighted by atomic mass is 79.9. The Morgan fingerprint density at radius 2 is 1.75 bits per heavy atom. The van der Waals surface area contributed by atoms with E-state index in [2.05, 4.69) is 20.9 Å². The summed E-state index contributed by atoms with van der Waals surface area (Å²) < 4.78 is 12.1. The minimum absolute atomic E-state index is 0.387.